The van der Waals surface area contributed by atoms with E-state index in [0.717, 1.165) is 25.3 Å². The number of thiazole rings is 1. The second kappa shape index (κ2) is 6.45. The highest BCUT2D eigenvalue weighted by atomic mass is 32.1. The number of nitrogens with one attached hydrogen (secondary N) is 1. The van der Waals surface area contributed by atoms with E-state index in [1.54, 1.807) is 17.6 Å². The van der Waals surface area contributed by atoms with Crippen LogP contribution < -0.4 is 5.32 Å². The summed E-state index contributed by atoms with van der Waals surface area (Å²) in [6.45, 7) is 1.86. The highest BCUT2D eigenvalue weighted by Gasteiger charge is 1.96. The molecule has 0 fully saturated rings. The highest BCUT2D eigenvalue weighted by molar-refractivity contribution is 7.09. The molecule has 0 bridgehead atoms. The Morgan fingerprint density at radius 2 is 2.38 bits per heavy atom. The Morgan fingerprint density at radius 1 is 1.38 bits per heavy atom. The normalized spacial score (nSPS) is 10.8. The van der Waals surface area contributed by atoms with Crippen LogP contribution in [0.3, 0.4) is 0 Å². The number of rotatable bonds is 7. The van der Waals surface area contributed by atoms with Gasteiger partial charge in [-0.1, -0.05) is 0 Å². The zero-order chi connectivity index (χ0) is 11.1. The Hall–Kier alpha value is -1.13. The smallest absolute Gasteiger partial charge is 0.117 e. The average Bonchev–Trinajstić information content (AvgIpc) is 2.96. The molecule has 2 aromatic rings. The first-order chi connectivity index (χ1) is 7.95. The van der Waals surface area contributed by atoms with Gasteiger partial charge in [-0.3, -0.25) is 0 Å². The summed E-state index contributed by atoms with van der Waals surface area (Å²) in [5.41, 5.74) is 0. The topological polar surface area (TPSA) is 38.1 Å². The predicted octanol–water partition coefficient (Wildman–Crippen LogP) is 2.85. The van der Waals surface area contributed by atoms with E-state index in [2.05, 4.69) is 10.3 Å². The van der Waals surface area contributed by atoms with Crippen LogP contribution in [0.4, 0.5) is 0 Å². The first kappa shape index (κ1) is 11.4. The standard InChI is InChI=1S/C12H16N2OS/c1(5-12-14-7-9-16-12)2-6-13-10-11-4-3-8-15-11/h3-4,7-9,13H,1-2,5-6,10H2. The Kier molecular flexibility index (Phi) is 4.58. The van der Waals surface area contributed by atoms with Crippen LogP contribution in [-0.2, 0) is 13.0 Å². The zero-order valence-electron chi connectivity index (χ0n) is 9.19. The molecule has 0 radical (unpaired) electrons. The summed E-state index contributed by atoms with van der Waals surface area (Å²) in [6.07, 6.45) is 7.05. The second-order valence-corrected chi connectivity index (χ2v) is 4.62. The van der Waals surface area contributed by atoms with Crippen molar-refractivity contribution in [1.29, 1.82) is 0 Å². The van der Waals surface area contributed by atoms with E-state index >= 15 is 0 Å². The third-order valence-corrected chi connectivity index (χ3v) is 3.20. The molecule has 2 aromatic heterocycles. The van der Waals surface area contributed by atoms with Crippen molar-refractivity contribution in [3.63, 3.8) is 0 Å². The molecule has 0 aliphatic heterocycles. The van der Waals surface area contributed by atoms with Gasteiger partial charge >= 0.3 is 0 Å². The summed E-state index contributed by atoms with van der Waals surface area (Å²) >= 11 is 1.74. The minimum atomic E-state index is 0.824. The molecule has 0 aromatic carbocycles. The Bertz CT molecular complexity index is 331. The third kappa shape index (κ3) is 3.79. The van der Waals surface area contributed by atoms with Gasteiger partial charge in [-0.25, -0.2) is 4.98 Å². The predicted molar refractivity (Wildman–Crippen MR) is 65.5 cm³/mol. The van der Waals surface area contributed by atoms with E-state index in [9.17, 15) is 0 Å². The van der Waals surface area contributed by atoms with E-state index in [4.69, 9.17) is 4.42 Å². The van der Waals surface area contributed by atoms with Gasteiger partial charge in [0, 0.05) is 11.6 Å². The molecule has 2 heterocycles. The largest absolute Gasteiger partial charge is 0.468 e. The van der Waals surface area contributed by atoms with Crippen molar-refractivity contribution in [3.8, 4) is 0 Å². The maximum absolute atomic E-state index is 5.23. The zero-order valence-corrected chi connectivity index (χ0v) is 10.0. The Morgan fingerprint density at radius 3 is 3.12 bits per heavy atom. The van der Waals surface area contributed by atoms with Gasteiger partial charge in [0.1, 0.15) is 5.76 Å². The molecule has 0 unspecified atom stereocenters. The average molecular weight is 236 g/mol. The van der Waals surface area contributed by atoms with E-state index in [0.29, 0.717) is 0 Å². The molecule has 2 rings (SSSR count). The van der Waals surface area contributed by atoms with Gasteiger partial charge in [-0.15, -0.1) is 11.3 Å². The number of unbranched alkanes of at least 4 members (excludes halogenated alkanes) is 1. The van der Waals surface area contributed by atoms with Crippen molar-refractivity contribution in [1.82, 2.24) is 10.3 Å². The van der Waals surface area contributed by atoms with Crippen LogP contribution in [0.5, 0.6) is 0 Å². The molecule has 0 amide bonds. The van der Waals surface area contributed by atoms with Gasteiger partial charge in [0.15, 0.2) is 0 Å². The van der Waals surface area contributed by atoms with Gasteiger partial charge < -0.3 is 9.73 Å². The fourth-order valence-corrected chi connectivity index (χ4v) is 2.19. The minimum absolute atomic E-state index is 0.824. The van der Waals surface area contributed by atoms with Gasteiger partial charge in [-0.2, -0.15) is 0 Å². The fourth-order valence-electron chi connectivity index (χ4n) is 1.53. The lowest BCUT2D eigenvalue weighted by molar-refractivity contribution is 0.479. The summed E-state index contributed by atoms with van der Waals surface area (Å²) in [5.74, 6) is 1.000. The molecular weight excluding hydrogens is 220 g/mol. The first-order valence-corrected chi connectivity index (χ1v) is 6.44. The SMILES string of the molecule is c1coc(CNCCCCc2nccs2)c1. The van der Waals surface area contributed by atoms with E-state index in [1.165, 1.54) is 17.8 Å². The van der Waals surface area contributed by atoms with Crippen molar-refractivity contribution < 1.29 is 4.42 Å². The number of furan rings is 1. The minimum Gasteiger partial charge on any atom is -0.468 e. The molecule has 3 nitrogen and oxygen atoms in total. The molecule has 86 valence electrons. The molecular formula is C12H16N2OS. The maximum atomic E-state index is 5.23. The monoisotopic (exact) mass is 236 g/mol. The van der Waals surface area contributed by atoms with Crippen molar-refractivity contribution >= 4 is 11.3 Å². The van der Waals surface area contributed by atoms with Crippen LogP contribution in [0.2, 0.25) is 0 Å². The Balaban J connectivity index is 1.49. The molecule has 0 spiro atoms. The number of aryl methyl sites for hydroxylation is 1. The lowest BCUT2D eigenvalue weighted by Gasteiger charge is -2.01. The number of nitrogens with zero attached hydrogens (tertiary/aromatic N) is 1. The van der Waals surface area contributed by atoms with Gasteiger partial charge in [0.05, 0.1) is 17.8 Å². The van der Waals surface area contributed by atoms with Crippen LogP contribution in [-0.4, -0.2) is 11.5 Å². The lowest BCUT2D eigenvalue weighted by atomic mass is 10.2. The molecule has 0 aliphatic carbocycles. The maximum Gasteiger partial charge on any atom is 0.117 e. The number of aromatic nitrogens is 1. The van der Waals surface area contributed by atoms with Crippen LogP contribution in [0, 0.1) is 0 Å². The quantitative estimate of drug-likeness (QED) is 0.751. The summed E-state index contributed by atoms with van der Waals surface area (Å²) in [5, 5.41) is 6.63. The van der Waals surface area contributed by atoms with Crippen molar-refractivity contribution in [2.45, 2.75) is 25.8 Å². The summed E-state index contributed by atoms with van der Waals surface area (Å²) < 4.78 is 5.23. The van der Waals surface area contributed by atoms with Gasteiger partial charge in [-0.05, 0) is 37.9 Å². The van der Waals surface area contributed by atoms with Crippen LogP contribution in [0.15, 0.2) is 34.4 Å². The summed E-state index contributed by atoms with van der Waals surface area (Å²) in [4.78, 5) is 4.26. The number of hydrogen-bond acceptors (Lipinski definition) is 4. The van der Waals surface area contributed by atoms with Crippen LogP contribution in [0.25, 0.3) is 0 Å². The van der Waals surface area contributed by atoms with E-state index in [1.807, 2.05) is 23.7 Å². The molecule has 16 heavy (non-hydrogen) atoms. The lowest BCUT2D eigenvalue weighted by Crippen LogP contribution is -2.14. The highest BCUT2D eigenvalue weighted by Crippen LogP contribution is 2.07. The first-order valence-electron chi connectivity index (χ1n) is 5.56. The van der Waals surface area contributed by atoms with Gasteiger partial charge in [0.25, 0.3) is 0 Å². The molecule has 0 saturated heterocycles. The second-order valence-electron chi connectivity index (χ2n) is 3.64. The van der Waals surface area contributed by atoms with E-state index in [-0.39, 0.29) is 0 Å². The van der Waals surface area contributed by atoms with E-state index < -0.39 is 0 Å². The van der Waals surface area contributed by atoms with Crippen LogP contribution in [0.1, 0.15) is 23.6 Å². The van der Waals surface area contributed by atoms with Crippen molar-refractivity contribution in [2.75, 3.05) is 6.54 Å². The number of hydrogen-bond donors (Lipinski definition) is 1. The van der Waals surface area contributed by atoms with Crippen molar-refractivity contribution in [2.24, 2.45) is 0 Å². The summed E-state index contributed by atoms with van der Waals surface area (Å²) in [6, 6.07) is 3.90. The van der Waals surface area contributed by atoms with Crippen molar-refractivity contribution in [3.05, 3.63) is 40.7 Å². The molecule has 0 aliphatic rings. The molecule has 4 heteroatoms. The van der Waals surface area contributed by atoms with Crippen LogP contribution >= 0.6 is 11.3 Å². The Labute approximate surface area is 99.5 Å². The molecule has 0 atom stereocenters. The fraction of sp³-hybridized carbons (Fsp3) is 0.417. The third-order valence-electron chi connectivity index (χ3n) is 2.36. The molecule has 1 N–H and O–H groups in total. The summed E-state index contributed by atoms with van der Waals surface area (Å²) in [7, 11) is 0. The molecule has 0 saturated carbocycles. The van der Waals surface area contributed by atoms with Gasteiger partial charge in [0.2, 0.25) is 0 Å².